The molecule has 2 aromatic heterocycles. The smallest absolute Gasteiger partial charge is 0.324 e. The molecule has 0 atom stereocenters. The Bertz CT molecular complexity index is 1210. The molecule has 7 nitrogen and oxygen atoms in total. The van der Waals surface area contributed by atoms with Gasteiger partial charge < -0.3 is 5.32 Å². The van der Waals surface area contributed by atoms with Gasteiger partial charge in [-0.15, -0.1) is 5.10 Å². The Morgan fingerprint density at radius 1 is 1.15 bits per heavy atom. The van der Waals surface area contributed by atoms with Gasteiger partial charge in [-0.2, -0.15) is 0 Å². The summed E-state index contributed by atoms with van der Waals surface area (Å²) in [4.78, 5) is 29.2. The number of carbonyl (C=O) groups excluding carboxylic acids is 1. The maximum absolute atomic E-state index is 12.5. The molecule has 0 spiro atoms. The topological polar surface area (TPSA) is 81.3 Å². The lowest BCUT2D eigenvalue weighted by molar-refractivity contribution is -0.117. The number of aromatic nitrogens is 4. The molecule has 2 aromatic carbocycles. The lowest BCUT2D eigenvalue weighted by Gasteiger charge is -2.08. The van der Waals surface area contributed by atoms with Crippen LogP contribution in [0.3, 0.4) is 0 Å². The Balaban J connectivity index is 1.66. The van der Waals surface area contributed by atoms with Crippen molar-refractivity contribution in [1.29, 1.82) is 0 Å². The maximum Gasteiger partial charge on any atom is 0.352 e. The van der Waals surface area contributed by atoms with Crippen LogP contribution in [0.2, 0.25) is 0 Å². The zero-order chi connectivity index (χ0) is 18.3. The van der Waals surface area contributed by atoms with E-state index < -0.39 is 5.69 Å². The minimum Gasteiger partial charge on any atom is -0.324 e. The van der Waals surface area contributed by atoms with Gasteiger partial charge in [-0.3, -0.25) is 4.79 Å². The number of anilines is 1. The van der Waals surface area contributed by atoms with Gasteiger partial charge in [0, 0.05) is 11.1 Å². The highest BCUT2D eigenvalue weighted by Crippen LogP contribution is 2.16. The number of hydrogen-bond acceptors (Lipinski definition) is 4. The average molecular weight is 347 g/mol. The molecule has 1 amide bonds. The van der Waals surface area contributed by atoms with E-state index in [0.717, 1.165) is 32.4 Å². The zero-order valence-electron chi connectivity index (χ0n) is 14.4. The van der Waals surface area contributed by atoms with E-state index in [1.165, 1.54) is 10.7 Å². The normalized spacial score (nSPS) is 11.2. The molecule has 4 rings (SSSR count). The zero-order valence-corrected chi connectivity index (χ0v) is 14.4. The van der Waals surface area contributed by atoms with Gasteiger partial charge in [0.1, 0.15) is 12.9 Å². The molecule has 4 aromatic rings. The van der Waals surface area contributed by atoms with Crippen LogP contribution in [0.15, 0.2) is 53.6 Å². The van der Waals surface area contributed by atoms with E-state index in [1.807, 2.05) is 56.3 Å². The fraction of sp³-hybridized carbons (Fsp3) is 0.158. The third-order valence-corrected chi connectivity index (χ3v) is 4.28. The first-order valence-electron chi connectivity index (χ1n) is 8.23. The van der Waals surface area contributed by atoms with Gasteiger partial charge in [-0.05, 0) is 37.6 Å². The Kier molecular flexibility index (Phi) is 3.76. The third-order valence-electron chi connectivity index (χ3n) is 4.28. The van der Waals surface area contributed by atoms with Gasteiger partial charge in [0.15, 0.2) is 5.65 Å². The van der Waals surface area contributed by atoms with Crippen molar-refractivity contribution in [3.63, 3.8) is 0 Å². The number of hydrogen-bond donors (Lipinski definition) is 1. The summed E-state index contributed by atoms with van der Waals surface area (Å²) >= 11 is 0. The first-order chi connectivity index (χ1) is 12.5. The fourth-order valence-electron chi connectivity index (χ4n) is 2.99. The fourth-order valence-corrected chi connectivity index (χ4v) is 2.99. The largest absolute Gasteiger partial charge is 0.352 e. The van der Waals surface area contributed by atoms with Gasteiger partial charge in [0.05, 0.1) is 5.52 Å². The van der Waals surface area contributed by atoms with E-state index in [0.29, 0.717) is 5.65 Å². The van der Waals surface area contributed by atoms with Crippen LogP contribution in [0.4, 0.5) is 5.69 Å². The van der Waals surface area contributed by atoms with Crippen molar-refractivity contribution in [2.75, 3.05) is 5.32 Å². The number of aryl methyl sites for hydroxylation is 2. The van der Waals surface area contributed by atoms with Crippen molar-refractivity contribution in [3.8, 4) is 0 Å². The standard InChI is InChI=1S/C19H17N5O2/c1-12-7-8-15(13(2)9-12)21-17(25)10-24-19(26)23-11-20-16-6-4-3-5-14(16)18(23)22-24/h3-9,11H,10H2,1-2H3,(H,21,25). The van der Waals surface area contributed by atoms with Gasteiger partial charge in [0.2, 0.25) is 5.91 Å². The van der Waals surface area contributed by atoms with Crippen LogP contribution in [0.5, 0.6) is 0 Å². The molecule has 0 aliphatic carbocycles. The van der Waals surface area contributed by atoms with Crippen molar-refractivity contribution >= 4 is 28.1 Å². The quantitative estimate of drug-likeness (QED) is 0.616. The highest BCUT2D eigenvalue weighted by atomic mass is 16.2. The monoisotopic (exact) mass is 347 g/mol. The second kappa shape index (κ2) is 6.11. The molecule has 2 heterocycles. The number of amides is 1. The maximum atomic E-state index is 12.5. The lowest BCUT2D eigenvalue weighted by Crippen LogP contribution is -2.28. The number of nitrogens with one attached hydrogen (secondary N) is 1. The van der Waals surface area contributed by atoms with E-state index >= 15 is 0 Å². The predicted octanol–water partition coefficient (Wildman–Crippen LogP) is 2.30. The molecule has 0 radical (unpaired) electrons. The summed E-state index contributed by atoms with van der Waals surface area (Å²) in [5.41, 5.74) is 3.66. The number of nitrogens with zero attached hydrogens (tertiary/aromatic N) is 4. The molecule has 1 N–H and O–H groups in total. The Morgan fingerprint density at radius 3 is 2.77 bits per heavy atom. The van der Waals surface area contributed by atoms with E-state index in [4.69, 9.17) is 0 Å². The predicted molar refractivity (Wildman–Crippen MR) is 99.3 cm³/mol. The Hall–Kier alpha value is -3.48. The van der Waals surface area contributed by atoms with Crippen molar-refractivity contribution < 1.29 is 4.79 Å². The molecule has 26 heavy (non-hydrogen) atoms. The first-order valence-corrected chi connectivity index (χ1v) is 8.23. The van der Waals surface area contributed by atoms with E-state index in [9.17, 15) is 9.59 Å². The third kappa shape index (κ3) is 2.73. The number of para-hydroxylation sites is 1. The Morgan fingerprint density at radius 2 is 1.96 bits per heavy atom. The molecule has 0 saturated carbocycles. The summed E-state index contributed by atoms with van der Waals surface area (Å²) in [6.45, 7) is 3.76. The van der Waals surface area contributed by atoms with Crippen molar-refractivity contribution in [3.05, 3.63) is 70.4 Å². The van der Waals surface area contributed by atoms with Crippen molar-refractivity contribution in [1.82, 2.24) is 19.2 Å². The molecule has 130 valence electrons. The van der Waals surface area contributed by atoms with Gasteiger partial charge >= 0.3 is 5.69 Å². The van der Waals surface area contributed by atoms with Crippen LogP contribution in [-0.4, -0.2) is 25.1 Å². The van der Waals surface area contributed by atoms with Crippen LogP contribution in [0, 0.1) is 13.8 Å². The number of fused-ring (bicyclic) bond motifs is 3. The summed E-state index contributed by atoms with van der Waals surface area (Å²) in [6, 6.07) is 13.2. The summed E-state index contributed by atoms with van der Waals surface area (Å²) in [5.74, 6) is -0.306. The molecule has 0 bridgehead atoms. The summed E-state index contributed by atoms with van der Waals surface area (Å²) in [6.07, 6.45) is 1.44. The average Bonchev–Trinajstić information content (AvgIpc) is 2.94. The van der Waals surface area contributed by atoms with Crippen LogP contribution in [0.1, 0.15) is 11.1 Å². The number of rotatable bonds is 3. The second-order valence-corrected chi connectivity index (χ2v) is 6.26. The molecule has 0 fully saturated rings. The summed E-state index contributed by atoms with van der Waals surface area (Å²) < 4.78 is 2.51. The first kappa shape index (κ1) is 16.0. The Labute approximate surface area is 148 Å². The van der Waals surface area contributed by atoms with Crippen LogP contribution >= 0.6 is 0 Å². The lowest BCUT2D eigenvalue weighted by atomic mass is 10.1. The van der Waals surface area contributed by atoms with E-state index in [1.54, 1.807) is 0 Å². The minimum absolute atomic E-state index is 0.165. The summed E-state index contributed by atoms with van der Waals surface area (Å²) in [5, 5.41) is 7.92. The van der Waals surface area contributed by atoms with Crippen molar-refractivity contribution in [2.45, 2.75) is 20.4 Å². The van der Waals surface area contributed by atoms with E-state index in [-0.39, 0.29) is 12.5 Å². The molecule has 0 unspecified atom stereocenters. The van der Waals surface area contributed by atoms with Gasteiger partial charge in [0.25, 0.3) is 0 Å². The van der Waals surface area contributed by atoms with Crippen LogP contribution in [0.25, 0.3) is 16.6 Å². The van der Waals surface area contributed by atoms with Crippen LogP contribution < -0.4 is 11.0 Å². The minimum atomic E-state index is -0.394. The van der Waals surface area contributed by atoms with Gasteiger partial charge in [-0.25, -0.2) is 18.9 Å². The number of benzene rings is 2. The second-order valence-electron chi connectivity index (χ2n) is 6.26. The molecule has 0 saturated heterocycles. The summed E-state index contributed by atoms with van der Waals surface area (Å²) in [7, 11) is 0. The van der Waals surface area contributed by atoms with Crippen molar-refractivity contribution in [2.24, 2.45) is 0 Å². The highest BCUT2D eigenvalue weighted by Gasteiger charge is 2.14. The number of carbonyl (C=O) groups is 1. The van der Waals surface area contributed by atoms with Crippen LogP contribution in [-0.2, 0) is 11.3 Å². The molecule has 7 heteroatoms. The molecular formula is C19H17N5O2. The highest BCUT2D eigenvalue weighted by molar-refractivity contribution is 5.92. The van der Waals surface area contributed by atoms with E-state index in [2.05, 4.69) is 15.4 Å². The molecule has 0 aliphatic heterocycles. The van der Waals surface area contributed by atoms with Gasteiger partial charge in [-0.1, -0.05) is 29.8 Å². The molecular weight excluding hydrogens is 330 g/mol. The SMILES string of the molecule is Cc1ccc(NC(=O)Cn2nc3c4ccccc4ncn3c2=O)c(C)c1. The molecule has 0 aliphatic rings.